The summed E-state index contributed by atoms with van der Waals surface area (Å²) in [5.74, 6) is -1.13. The Kier molecular flexibility index (Phi) is 7.13. The standard InChI is InChI=1S/C29H33FN4O6/c1-14-15-6-5-7-16-18-12-34-22(24(18)33-21(23(15)16)11-20(14)30)10-17(19(13-35)27(34)38)25(36)26(37)31-8-9-32-28(39)40-29(2,3)4/h10-11,25,35-36H,5-9,12-13H2,1-4H3,(H,31,37)(H,32,39). The molecule has 3 aromatic rings. The summed E-state index contributed by atoms with van der Waals surface area (Å²) in [5.41, 5.74) is 3.56. The van der Waals surface area contributed by atoms with Crippen LogP contribution in [0.4, 0.5) is 9.18 Å². The van der Waals surface area contributed by atoms with Crippen molar-refractivity contribution in [1.29, 1.82) is 0 Å². The Hall–Kier alpha value is -3.83. The van der Waals surface area contributed by atoms with E-state index in [9.17, 15) is 29.0 Å². The fourth-order valence-corrected chi connectivity index (χ4v) is 5.63. The minimum absolute atomic E-state index is 0.000565. The number of carbonyl (C=O) groups is 2. The molecule has 1 atom stereocenters. The van der Waals surface area contributed by atoms with Gasteiger partial charge >= 0.3 is 6.09 Å². The van der Waals surface area contributed by atoms with E-state index >= 15 is 0 Å². The van der Waals surface area contributed by atoms with Crippen LogP contribution < -0.4 is 16.2 Å². The lowest BCUT2D eigenvalue weighted by Gasteiger charge is -2.22. The molecule has 2 aromatic heterocycles. The molecule has 0 bridgehead atoms. The summed E-state index contributed by atoms with van der Waals surface area (Å²) < 4.78 is 21.4. The van der Waals surface area contributed by atoms with Crippen LogP contribution in [0.3, 0.4) is 0 Å². The van der Waals surface area contributed by atoms with Crippen molar-refractivity contribution >= 4 is 22.9 Å². The molecular formula is C29H33FN4O6. The molecule has 40 heavy (non-hydrogen) atoms. The molecule has 1 aromatic carbocycles. The van der Waals surface area contributed by atoms with Gasteiger partial charge in [0.2, 0.25) is 0 Å². The lowest BCUT2D eigenvalue weighted by atomic mass is 9.85. The van der Waals surface area contributed by atoms with Crippen molar-refractivity contribution in [2.45, 2.75) is 71.8 Å². The molecule has 1 aliphatic heterocycles. The van der Waals surface area contributed by atoms with Gasteiger partial charge in [-0.3, -0.25) is 9.59 Å². The summed E-state index contributed by atoms with van der Waals surface area (Å²) in [6, 6.07) is 2.92. The third-order valence-corrected chi connectivity index (χ3v) is 7.46. The number of hydrogen-bond acceptors (Lipinski definition) is 7. The van der Waals surface area contributed by atoms with Gasteiger partial charge in [-0.05, 0) is 69.7 Å². The molecule has 0 fully saturated rings. The molecule has 0 saturated carbocycles. The van der Waals surface area contributed by atoms with Gasteiger partial charge in [-0.15, -0.1) is 0 Å². The fraction of sp³-hybridized carbons (Fsp3) is 0.448. The van der Waals surface area contributed by atoms with Gasteiger partial charge < -0.3 is 30.2 Å². The maximum absolute atomic E-state index is 14.7. The molecule has 2 aliphatic rings. The van der Waals surface area contributed by atoms with Gasteiger partial charge in [-0.2, -0.15) is 0 Å². The van der Waals surface area contributed by atoms with E-state index < -0.39 is 35.9 Å². The molecule has 0 saturated heterocycles. The first-order valence-corrected chi connectivity index (χ1v) is 13.3. The van der Waals surface area contributed by atoms with Gasteiger partial charge in [0, 0.05) is 41.2 Å². The molecule has 1 unspecified atom stereocenters. The normalized spacial score (nSPS) is 14.5. The number of ether oxygens (including phenoxy) is 1. The van der Waals surface area contributed by atoms with Gasteiger partial charge in [-0.25, -0.2) is 14.2 Å². The maximum atomic E-state index is 14.7. The third-order valence-electron chi connectivity index (χ3n) is 7.46. The minimum atomic E-state index is -1.75. The number of aromatic nitrogens is 2. The minimum Gasteiger partial charge on any atom is -0.444 e. The van der Waals surface area contributed by atoms with E-state index in [4.69, 9.17) is 9.72 Å². The van der Waals surface area contributed by atoms with Crippen molar-refractivity contribution in [1.82, 2.24) is 20.2 Å². The number of alkyl carbamates (subject to hydrolysis) is 1. The number of aliphatic hydroxyl groups is 2. The largest absolute Gasteiger partial charge is 0.444 e. The van der Waals surface area contributed by atoms with Crippen LogP contribution in [-0.2, 0) is 35.5 Å². The summed E-state index contributed by atoms with van der Waals surface area (Å²) >= 11 is 0. The van der Waals surface area contributed by atoms with Crippen LogP contribution >= 0.6 is 0 Å². The average Bonchev–Trinajstić information content (AvgIpc) is 3.27. The van der Waals surface area contributed by atoms with Crippen molar-refractivity contribution in [3.8, 4) is 11.4 Å². The van der Waals surface area contributed by atoms with E-state index in [1.54, 1.807) is 27.7 Å². The second kappa shape index (κ2) is 10.3. The first kappa shape index (κ1) is 27.7. The number of nitrogens with one attached hydrogen (secondary N) is 2. The zero-order valence-corrected chi connectivity index (χ0v) is 23.0. The van der Waals surface area contributed by atoms with E-state index in [1.165, 1.54) is 16.7 Å². The van der Waals surface area contributed by atoms with Crippen molar-refractivity contribution in [2.24, 2.45) is 0 Å². The number of aryl methyl sites for hydroxylation is 2. The van der Waals surface area contributed by atoms with Gasteiger partial charge in [0.15, 0.2) is 6.10 Å². The van der Waals surface area contributed by atoms with Crippen LogP contribution in [0, 0.1) is 12.7 Å². The smallest absolute Gasteiger partial charge is 0.407 e. The number of rotatable bonds is 6. The lowest BCUT2D eigenvalue weighted by Crippen LogP contribution is -2.39. The van der Waals surface area contributed by atoms with Gasteiger partial charge in [0.25, 0.3) is 11.5 Å². The lowest BCUT2D eigenvalue weighted by molar-refractivity contribution is -0.129. The Labute approximate surface area is 230 Å². The first-order valence-electron chi connectivity index (χ1n) is 13.3. The molecule has 2 amide bonds. The van der Waals surface area contributed by atoms with Crippen molar-refractivity contribution < 1.29 is 28.9 Å². The highest BCUT2D eigenvalue weighted by atomic mass is 19.1. The summed E-state index contributed by atoms with van der Waals surface area (Å²) in [6.07, 6.45) is -0.0192. The number of fused-ring (bicyclic) bond motifs is 4. The quantitative estimate of drug-likeness (QED) is 0.269. The number of halogens is 1. The maximum Gasteiger partial charge on any atom is 0.407 e. The molecule has 4 N–H and O–H groups in total. The molecule has 212 valence electrons. The Morgan fingerprint density at radius 2 is 1.85 bits per heavy atom. The molecule has 11 heteroatoms. The van der Waals surface area contributed by atoms with Crippen LogP contribution in [0.25, 0.3) is 22.3 Å². The number of aliphatic hydroxyl groups excluding tert-OH is 2. The van der Waals surface area contributed by atoms with E-state index in [0.29, 0.717) is 22.5 Å². The summed E-state index contributed by atoms with van der Waals surface area (Å²) in [4.78, 5) is 42.8. The molecule has 0 radical (unpaired) electrons. The molecule has 0 spiro atoms. The second-order valence-electron chi connectivity index (χ2n) is 11.3. The molecule has 1 aliphatic carbocycles. The monoisotopic (exact) mass is 552 g/mol. The summed E-state index contributed by atoms with van der Waals surface area (Å²) in [7, 11) is 0. The number of nitrogens with zero attached hydrogens (tertiary/aromatic N) is 2. The Bertz CT molecular complexity index is 1610. The highest BCUT2D eigenvalue weighted by Crippen LogP contribution is 2.41. The Morgan fingerprint density at radius 3 is 2.55 bits per heavy atom. The number of pyridine rings is 2. The topological polar surface area (TPSA) is 143 Å². The van der Waals surface area contributed by atoms with E-state index in [0.717, 1.165) is 41.3 Å². The predicted molar refractivity (Wildman–Crippen MR) is 145 cm³/mol. The Morgan fingerprint density at radius 1 is 1.15 bits per heavy atom. The van der Waals surface area contributed by atoms with Crippen molar-refractivity contribution in [2.75, 3.05) is 13.1 Å². The SMILES string of the molecule is Cc1c(F)cc2nc3c(c4c2c1CCC4)Cn1c-3cc(C(O)C(=O)NCCNC(=O)OC(C)(C)C)c(CO)c1=O. The van der Waals surface area contributed by atoms with Crippen LogP contribution in [-0.4, -0.2) is 50.5 Å². The van der Waals surface area contributed by atoms with Gasteiger partial charge in [0.05, 0.1) is 30.1 Å². The van der Waals surface area contributed by atoms with Crippen LogP contribution in [0.1, 0.15) is 66.7 Å². The zero-order chi connectivity index (χ0) is 28.9. The molecular weight excluding hydrogens is 519 g/mol. The van der Waals surface area contributed by atoms with E-state index in [-0.39, 0.29) is 36.6 Å². The van der Waals surface area contributed by atoms with Crippen LogP contribution in [0.2, 0.25) is 0 Å². The van der Waals surface area contributed by atoms with Crippen LogP contribution in [0.5, 0.6) is 0 Å². The second-order valence-corrected chi connectivity index (χ2v) is 11.3. The van der Waals surface area contributed by atoms with Crippen molar-refractivity contribution in [3.63, 3.8) is 0 Å². The Balaban J connectivity index is 1.45. The zero-order valence-electron chi connectivity index (χ0n) is 23.0. The first-order chi connectivity index (χ1) is 18.9. The van der Waals surface area contributed by atoms with Crippen molar-refractivity contribution in [3.05, 3.63) is 61.7 Å². The molecule has 3 heterocycles. The summed E-state index contributed by atoms with van der Waals surface area (Å²) in [5, 5.41) is 26.9. The number of benzene rings is 1. The predicted octanol–water partition coefficient (Wildman–Crippen LogP) is 2.53. The van der Waals surface area contributed by atoms with Gasteiger partial charge in [0.1, 0.15) is 11.4 Å². The molecule has 10 nitrogen and oxygen atoms in total. The van der Waals surface area contributed by atoms with Crippen LogP contribution in [0.15, 0.2) is 16.9 Å². The van der Waals surface area contributed by atoms with E-state index in [2.05, 4.69) is 10.6 Å². The number of carbonyl (C=O) groups excluding carboxylic acids is 2. The molecule has 5 rings (SSSR count). The highest BCUT2D eigenvalue weighted by molar-refractivity contribution is 5.92. The van der Waals surface area contributed by atoms with Gasteiger partial charge in [-0.1, -0.05) is 0 Å². The number of hydrogen-bond donors (Lipinski definition) is 4. The van der Waals surface area contributed by atoms with E-state index in [1.807, 2.05) is 0 Å². The highest BCUT2D eigenvalue weighted by Gasteiger charge is 2.32. The number of amides is 2. The third kappa shape index (κ3) is 4.84. The fourth-order valence-electron chi connectivity index (χ4n) is 5.63. The summed E-state index contributed by atoms with van der Waals surface area (Å²) in [6.45, 7) is 6.57. The average molecular weight is 553 g/mol.